The van der Waals surface area contributed by atoms with E-state index < -0.39 is 0 Å². The number of hydrogen-bond donors (Lipinski definition) is 0. The zero-order chi connectivity index (χ0) is 11.5. The molecule has 2 aromatic rings. The molecular weight excluding hydrogens is 224 g/mol. The number of aryl methyl sites for hydroxylation is 2. The Balaban J connectivity index is 2.27. The first kappa shape index (κ1) is 10.9. The molecule has 0 saturated heterocycles. The second kappa shape index (κ2) is 4.49. The molecule has 0 radical (unpaired) electrons. The van der Waals surface area contributed by atoms with E-state index >= 15 is 0 Å². The Labute approximate surface area is 99.1 Å². The fourth-order valence-electron chi connectivity index (χ4n) is 1.44. The highest BCUT2D eigenvalue weighted by Gasteiger charge is 2.01. The summed E-state index contributed by atoms with van der Waals surface area (Å²) < 4.78 is 5.63. The van der Waals surface area contributed by atoms with Gasteiger partial charge in [0.2, 0.25) is 0 Å². The lowest BCUT2D eigenvalue weighted by Crippen LogP contribution is -1.90. The Morgan fingerprint density at radius 1 is 1.00 bits per heavy atom. The van der Waals surface area contributed by atoms with Gasteiger partial charge in [-0.1, -0.05) is 11.6 Å². The summed E-state index contributed by atoms with van der Waals surface area (Å²) in [6.45, 7) is 3.85. The van der Waals surface area contributed by atoms with E-state index in [0.29, 0.717) is 10.8 Å². The van der Waals surface area contributed by atoms with E-state index in [1.807, 2.05) is 26.0 Å². The molecule has 16 heavy (non-hydrogen) atoms. The number of aromatic nitrogens is 2. The van der Waals surface area contributed by atoms with Crippen molar-refractivity contribution in [3.8, 4) is 11.5 Å². The molecule has 0 bridgehead atoms. The molecule has 0 amide bonds. The molecule has 2 aromatic heterocycles. The normalized spacial score (nSPS) is 10.2. The lowest BCUT2D eigenvalue weighted by atomic mass is 10.3. The van der Waals surface area contributed by atoms with Gasteiger partial charge in [-0.3, -0.25) is 9.97 Å². The third kappa shape index (κ3) is 2.70. The van der Waals surface area contributed by atoms with Crippen LogP contribution in [0.1, 0.15) is 11.4 Å². The van der Waals surface area contributed by atoms with Crippen LogP contribution in [-0.4, -0.2) is 9.97 Å². The molecule has 0 saturated carbocycles. The van der Waals surface area contributed by atoms with Gasteiger partial charge in [-0.05, 0) is 13.8 Å². The third-order valence-electron chi connectivity index (χ3n) is 1.97. The van der Waals surface area contributed by atoms with E-state index in [0.717, 1.165) is 17.1 Å². The SMILES string of the molecule is Cc1cc(Oc2cncc(Cl)c2)cc(C)n1. The minimum Gasteiger partial charge on any atom is -0.456 e. The molecule has 82 valence electrons. The second-order valence-electron chi connectivity index (χ2n) is 3.53. The Hall–Kier alpha value is -1.61. The van der Waals surface area contributed by atoms with Gasteiger partial charge in [-0.2, -0.15) is 0 Å². The van der Waals surface area contributed by atoms with Crippen molar-refractivity contribution >= 4 is 11.6 Å². The summed E-state index contributed by atoms with van der Waals surface area (Å²) in [6.07, 6.45) is 3.19. The summed E-state index contributed by atoms with van der Waals surface area (Å²) in [5.74, 6) is 1.37. The summed E-state index contributed by atoms with van der Waals surface area (Å²) in [4.78, 5) is 8.22. The smallest absolute Gasteiger partial charge is 0.147 e. The van der Waals surface area contributed by atoms with Gasteiger partial charge in [0.05, 0.1) is 11.2 Å². The average molecular weight is 235 g/mol. The number of rotatable bonds is 2. The summed E-state index contributed by atoms with van der Waals surface area (Å²) in [6, 6.07) is 5.46. The predicted molar refractivity (Wildman–Crippen MR) is 63.0 cm³/mol. The molecule has 0 aliphatic carbocycles. The van der Waals surface area contributed by atoms with Gasteiger partial charge in [-0.25, -0.2) is 0 Å². The molecule has 0 aromatic carbocycles. The minimum absolute atomic E-state index is 0.556. The highest BCUT2D eigenvalue weighted by atomic mass is 35.5. The van der Waals surface area contributed by atoms with Gasteiger partial charge in [0.25, 0.3) is 0 Å². The maximum Gasteiger partial charge on any atom is 0.147 e. The molecule has 0 spiro atoms. The van der Waals surface area contributed by atoms with E-state index in [4.69, 9.17) is 16.3 Å². The molecule has 3 nitrogen and oxygen atoms in total. The highest BCUT2D eigenvalue weighted by Crippen LogP contribution is 2.23. The van der Waals surface area contributed by atoms with Crippen molar-refractivity contribution in [3.63, 3.8) is 0 Å². The number of hydrogen-bond acceptors (Lipinski definition) is 3. The molecule has 4 heteroatoms. The van der Waals surface area contributed by atoms with Crippen LogP contribution < -0.4 is 4.74 Å². The van der Waals surface area contributed by atoms with Crippen LogP contribution in [0.25, 0.3) is 0 Å². The third-order valence-corrected chi connectivity index (χ3v) is 2.18. The number of pyridine rings is 2. The number of nitrogens with zero attached hydrogens (tertiary/aromatic N) is 2. The van der Waals surface area contributed by atoms with Crippen molar-refractivity contribution in [1.29, 1.82) is 0 Å². The lowest BCUT2D eigenvalue weighted by Gasteiger charge is -2.06. The van der Waals surface area contributed by atoms with Crippen LogP contribution in [0.5, 0.6) is 11.5 Å². The number of halogens is 1. The van der Waals surface area contributed by atoms with Crippen molar-refractivity contribution in [2.75, 3.05) is 0 Å². The van der Waals surface area contributed by atoms with Gasteiger partial charge in [-0.15, -0.1) is 0 Å². The maximum absolute atomic E-state index is 5.82. The van der Waals surface area contributed by atoms with Gasteiger partial charge < -0.3 is 4.74 Å². The molecule has 2 rings (SSSR count). The van der Waals surface area contributed by atoms with Crippen LogP contribution >= 0.6 is 11.6 Å². The van der Waals surface area contributed by atoms with E-state index in [1.165, 1.54) is 0 Å². The van der Waals surface area contributed by atoms with Crippen molar-refractivity contribution in [3.05, 3.63) is 47.0 Å². The average Bonchev–Trinajstić information content (AvgIpc) is 2.15. The molecule has 0 unspecified atom stereocenters. The van der Waals surface area contributed by atoms with E-state index in [9.17, 15) is 0 Å². The molecule has 0 aliphatic rings. The highest BCUT2D eigenvalue weighted by molar-refractivity contribution is 6.30. The van der Waals surface area contributed by atoms with Gasteiger partial charge in [0, 0.05) is 35.8 Å². The van der Waals surface area contributed by atoms with Crippen molar-refractivity contribution < 1.29 is 4.74 Å². The predicted octanol–water partition coefficient (Wildman–Crippen LogP) is 3.54. The quantitative estimate of drug-likeness (QED) is 0.797. The van der Waals surface area contributed by atoms with E-state index in [1.54, 1.807) is 18.5 Å². The Morgan fingerprint density at radius 3 is 2.31 bits per heavy atom. The van der Waals surface area contributed by atoms with Crippen molar-refractivity contribution in [2.24, 2.45) is 0 Å². The number of ether oxygens (including phenoxy) is 1. The van der Waals surface area contributed by atoms with Crippen molar-refractivity contribution in [2.45, 2.75) is 13.8 Å². The standard InChI is InChI=1S/C12H11ClN2O/c1-8-3-11(4-9(2)15-8)16-12-5-10(13)6-14-7-12/h3-7H,1-2H3. The summed E-state index contributed by atoms with van der Waals surface area (Å²) in [5, 5.41) is 0.556. The molecule has 0 N–H and O–H groups in total. The molecule has 0 atom stereocenters. The van der Waals surface area contributed by atoms with Crippen LogP contribution in [-0.2, 0) is 0 Å². The van der Waals surface area contributed by atoms with Gasteiger partial charge >= 0.3 is 0 Å². The zero-order valence-corrected chi connectivity index (χ0v) is 9.82. The van der Waals surface area contributed by atoms with Gasteiger partial charge in [0.1, 0.15) is 11.5 Å². The van der Waals surface area contributed by atoms with Crippen LogP contribution in [0.15, 0.2) is 30.6 Å². The molecule has 2 heterocycles. The van der Waals surface area contributed by atoms with Crippen molar-refractivity contribution in [1.82, 2.24) is 9.97 Å². The maximum atomic E-state index is 5.82. The first-order chi connectivity index (χ1) is 7.63. The Kier molecular flexibility index (Phi) is 3.06. The lowest BCUT2D eigenvalue weighted by molar-refractivity contribution is 0.478. The van der Waals surface area contributed by atoms with Crippen LogP contribution in [0.3, 0.4) is 0 Å². The fraction of sp³-hybridized carbons (Fsp3) is 0.167. The minimum atomic E-state index is 0.556. The van der Waals surface area contributed by atoms with E-state index in [-0.39, 0.29) is 0 Å². The van der Waals surface area contributed by atoms with E-state index in [2.05, 4.69) is 9.97 Å². The second-order valence-corrected chi connectivity index (χ2v) is 3.96. The molecule has 0 fully saturated rings. The van der Waals surface area contributed by atoms with Crippen LogP contribution in [0, 0.1) is 13.8 Å². The summed E-state index contributed by atoms with van der Waals surface area (Å²) in [7, 11) is 0. The first-order valence-electron chi connectivity index (χ1n) is 4.87. The Morgan fingerprint density at radius 2 is 1.69 bits per heavy atom. The Bertz CT molecular complexity index is 494. The zero-order valence-electron chi connectivity index (χ0n) is 9.07. The summed E-state index contributed by atoms with van der Waals surface area (Å²) in [5.41, 5.74) is 1.84. The van der Waals surface area contributed by atoms with Gasteiger partial charge in [0.15, 0.2) is 0 Å². The monoisotopic (exact) mass is 234 g/mol. The fourth-order valence-corrected chi connectivity index (χ4v) is 1.60. The molecule has 0 aliphatic heterocycles. The topological polar surface area (TPSA) is 35.0 Å². The largest absolute Gasteiger partial charge is 0.456 e. The molecular formula is C12H11ClN2O. The first-order valence-corrected chi connectivity index (χ1v) is 5.25. The van der Waals surface area contributed by atoms with Crippen LogP contribution in [0.4, 0.5) is 0 Å². The summed E-state index contributed by atoms with van der Waals surface area (Å²) >= 11 is 5.82. The van der Waals surface area contributed by atoms with Crippen LogP contribution in [0.2, 0.25) is 5.02 Å².